The number of alkyl carbamates (subject to hydrolysis) is 1. The number of H-pyrrole nitrogens is 1. The van der Waals surface area contributed by atoms with Crippen molar-refractivity contribution < 1.29 is 19.4 Å². The van der Waals surface area contributed by atoms with Crippen LogP contribution in [0.3, 0.4) is 0 Å². The summed E-state index contributed by atoms with van der Waals surface area (Å²) in [6.45, 7) is 0.125. The Labute approximate surface area is 175 Å². The lowest BCUT2D eigenvalue weighted by atomic mass is 9.98. The van der Waals surface area contributed by atoms with Gasteiger partial charge in [0.05, 0.1) is 12.0 Å². The summed E-state index contributed by atoms with van der Waals surface area (Å²) >= 11 is 3.24. The number of carboxylic acid groups (broad SMARTS) is 1. The van der Waals surface area contributed by atoms with Crippen LogP contribution in [0.1, 0.15) is 22.7 Å². The Morgan fingerprint density at radius 3 is 2.31 bits per heavy atom. The van der Waals surface area contributed by atoms with E-state index in [1.165, 1.54) is 6.33 Å². The van der Waals surface area contributed by atoms with E-state index in [0.717, 1.165) is 22.3 Å². The van der Waals surface area contributed by atoms with Gasteiger partial charge in [-0.2, -0.15) is 0 Å². The molecule has 2 aromatic carbocycles. The highest BCUT2D eigenvalue weighted by Gasteiger charge is 2.30. The molecule has 0 saturated carbocycles. The molecule has 1 aliphatic rings. The van der Waals surface area contributed by atoms with E-state index >= 15 is 0 Å². The predicted octanol–water partition coefficient (Wildman–Crippen LogP) is 3.71. The molecular formula is C21H18BrN3O4. The normalized spacial score (nSPS) is 13.4. The lowest BCUT2D eigenvalue weighted by molar-refractivity contribution is -0.139. The first-order valence-electron chi connectivity index (χ1n) is 9.06. The zero-order valence-corrected chi connectivity index (χ0v) is 16.8. The summed E-state index contributed by atoms with van der Waals surface area (Å²) in [5.41, 5.74) is 5.03. The van der Waals surface area contributed by atoms with Crippen molar-refractivity contribution in [2.45, 2.75) is 18.4 Å². The van der Waals surface area contributed by atoms with Crippen molar-refractivity contribution >= 4 is 28.0 Å². The molecule has 1 unspecified atom stereocenters. The number of benzene rings is 2. The summed E-state index contributed by atoms with van der Waals surface area (Å²) in [4.78, 5) is 30.7. The molecule has 0 saturated heterocycles. The Morgan fingerprint density at radius 1 is 1.14 bits per heavy atom. The third-order valence-corrected chi connectivity index (χ3v) is 5.69. The molecule has 29 heavy (non-hydrogen) atoms. The van der Waals surface area contributed by atoms with Crippen LogP contribution in [-0.4, -0.2) is 39.8 Å². The van der Waals surface area contributed by atoms with Crippen LogP contribution in [-0.2, 0) is 16.0 Å². The van der Waals surface area contributed by atoms with Gasteiger partial charge in [0.2, 0.25) is 0 Å². The van der Waals surface area contributed by atoms with Crippen LogP contribution in [0.15, 0.2) is 59.5 Å². The fourth-order valence-corrected chi connectivity index (χ4v) is 4.01. The number of aromatic nitrogens is 2. The maximum absolute atomic E-state index is 12.3. The molecule has 3 aromatic rings. The first kappa shape index (κ1) is 19.2. The third kappa shape index (κ3) is 3.88. The number of carboxylic acids is 1. The number of nitrogens with zero attached hydrogens (tertiary/aromatic N) is 1. The summed E-state index contributed by atoms with van der Waals surface area (Å²) in [7, 11) is 0. The summed E-state index contributed by atoms with van der Waals surface area (Å²) in [5.74, 6) is -1.24. The fourth-order valence-electron chi connectivity index (χ4n) is 3.63. The average molecular weight is 456 g/mol. The number of ether oxygens (including phenoxy) is 1. The molecule has 1 aliphatic carbocycles. The van der Waals surface area contributed by atoms with Crippen LogP contribution in [0.4, 0.5) is 4.79 Å². The molecule has 1 heterocycles. The zero-order chi connectivity index (χ0) is 20.4. The second kappa shape index (κ2) is 8.08. The van der Waals surface area contributed by atoms with Gasteiger partial charge >= 0.3 is 12.1 Å². The molecular weight excluding hydrogens is 438 g/mol. The standard InChI is InChI=1S/C21H18BrN3O4/c22-19-17(23-11-24-19)9-18(20(26)27)25-21(28)29-10-16-14-7-3-1-5-12(14)13-6-2-4-8-15(13)16/h1-8,11,16,18H,9-10H2,(H,23,24)(H,25,28)(H,26,27). The van der Waals surface area contributed by atoms with Gasteiger partial charge in [-0.1, -0.05) is 48.5 Å². The van der Waals surface area contributed by atoms with E-state index in [1.54, 1.807) is 0 Å². The number of imidazole rings is 1. The molecule has 148 valence electrons. The Bertz CT molecular complexity index is 1020. The minimum Gasteiger partial charge on any atom is -0.480 e. The second-order valence-electron chi connectivity index (χ2n) is 6.74. The Hall–Kier alpha value is -3.13. The molecule has 1 amide bonds. The van der Waals surface area contributed by atoms with Crippen molar-refractivity contribution in [2.75, 3.05) is 6.61 Å². The predicted molar refractivity (Wildman–Crippen MR) is 110 cm³/mol. The first-order chi connectivity index (χ1) is 14.0. The van der Waals surface area contributed by atoms with Crippen molar-refractivity contribution in [3.63, 3.8) is 0 Å². The number of amides is 1. The molecule has 1 atom stereocenters. The topological polar surface area (TPSA) is 104 Å². The van der Waals surface area contributed by atoms with Crippen LogP contribution < -0.4 is 5.32 Å². The van der Waals surface area contributed by atoms with Gasteiger partial charge in [0, 0.05) is 12.3 Å². The molecule has 8 heteroatoms. The minimum absolute atomic E-state index is 0.0557. The molecule has 1 aromatic heterocycles. The number of nitrogens with one attached hydrogen (secondary N) is 2. The highest BCUT2D eigenvalue weighted by molar-refractivity contribution is 9.10. The summed E-state index contributed by atoms with van der Waals surface area (Å²) in [5, 5.41) is 11.9. The van der Waals surface area contributed by atoms with Crippen LogP contribution in [0.2, 0.25) is 0 Å². The van der Waals surface area contributed by atoms with E-state index in [1.807, 2.05) is 36.4 Å². The smallest absolute Gasteiger partial charge is 0.407 e. The maximum Gasteiger partial charge on any atom is 0.407 e. The van der Waals surface area contributed by atoms with E-state index in [9.17, 15) is 14.7 Å². The van der Waals surface area contributed by atoms with Crippen LogP contribution in [0.25, 0.3) is 11.1 Å². The van der Waals surface area contributed by atoms with Gasteiger partial charge in [0.1, 0.15) is 17.3 Å². The number of rotatable bonds is 6. The number of carbonyl (C=O) groups excluding carboxylic acids is 1. The zero-order valence-electron chi connectivity index (χ0n) is 15.3. The Kier molecular flexibility index (Phi) is 5.35. The van der Waals surface area contributed by atoms with Crippen LogP contribution in [0.5, 0.6) is 0 Å². The summed E-state index contributed by atoms with van der Waals surface area (Å²) in [6, 6.07) is 14.9. The average Bonchev–Trinajstić information content (AvgIpc) is 3.27. The van der Waals surface area contributed by atoms with E-state index in [-0.39, 0.29) is 18.9 Å². The van der Waals surface area contributed by atoms with E-state index in [2.05, 4.69) is 43.3 Å². The lowest BCUT2D eigenvalue weighted by Gasteiger charge is -2.17. The Balaban J connectivity index is 1.44. The highest BCUT2D eigenvalue weighted by atomic mass is 79.9. The molecule has 0 radical (unpaired) electrons. The van der Waals surface area contributed by atoms with Crippen molar-refractivity contribution in [2.24, 2.45) is 0 Å². The number of hydrogen-bond donors (Lipinski definition) is 3. The second-order valence-corrected chi connectivity index (χ2v) is 7.49. The highest BCUT2D eigenvalue weighted by Crippen LogP contribution is 2.44. The molecule has 4 rings (SSSR count). The van der Waals surface area contributed by atoms with E-state index < -0.39 is 18.1 Å². The minimum atomic E-state index is -1.15. The van der Waals surface area contributed by atoms with Crippen LogP contribution in [0, 0.1) is 0 Å². The Morgan fingerprint density at radius 2 is 1.76 bits per heavy atom. The largest absolute Gasteiger partial charge is 0.480 e. The molecule has 0 spiro atoms. The van der Waals surface area contributed by atoms with Crippen molar-refractivity contribution in [1.29, 1.82) is 0 Å². The molecule has 0 bridgehead atoms. The number of carbonyl (C=O) groups is 2. The summed E-state index contributed by atoms with van der Waals surface area (Å²) in [6.07, 6.45) is 0.737. The molecule has 0 fully saturated rings. The number of halogens is 1. The van der Waals surface area contributed by atoms with Gasteiger partial charge in [-0.3, -0.25) is 0 Å². The SMILES string of the molecule is O=C(NC(Cc1[nH]cnc1Br)C(=O)O)OCC1c2ccccc2-c2ccccc21. The van der Waals surface area contributed by atoms with Crippen molar-refractivity contribution in [1.82, 2.24) is 15.3 Å². The van der Waals surface area contributed by atoms with E-state index in [0.29, 0.717) is 10.3 Å². The van der Waals surface area contributed by atoms with Gasteiger partial charge in [-0.15, -0.1) is 0 Å². The number of aliphatic carboxylic acids is 1. The van der Waals surface area contributed by atoms with Gasteiger partial charge in [0.15, 0.2) is 0 Å². The third-order valence-electron chi connectivity index (χ3n) is 5.01. The van der Waals surface area contributed by atoms with Crippen molar-refractivity contribution in [3.05, 3.63) is 76.3 Å². The quantitative estimate of drug-likeness (QED) is 0.525. The van der Waals surface area contributed by atoms with E-state index in [4.69, 9.17) is 4.74 Å². The maximum atomic E-state index is 12.3. The monoisotopic (exact) mass is 455 g/mol. The lowest BCUT2D eigenvalue weighted by Crippen LogP contribution is -2.43. The summed E-state index contributed by atoms with van der Waals surface area (Å²) < 4.78 is 5.93. The fraction of sp³-hybridized carbons (Fsp3) is 0.190. The van der Waals surface area contributed by atoms with Crippen LogP contribution >= 0.6 is 15.9 Å². The number of fused-ring (bicyclic) bond motifs is 3. The van der Waals surface area contributed by atoms with Gasteiger partial charge in [-0.05, 0) is 38.2 Å². The molecule has 3 N–H and O–H groups in total. The molecule has 0 aliphatic heterocycles. The first-order valence-corrected chi connectivity index (χ1v) is 9.86. The van der Waals surface area contributed by atoms with Crippen molar-refractivity contribution in [3.8, 4) is 11.1 Å². The van der Waals surface area contributed by atoms with Gasteiger partial charge in [0.25, 0.3) is 0 Å². The van der Waals surface area contributed by atoms with Gasteiger partial charge in [-0.25, -0.2) is 14.6 Å². The molecule has 7 nitrogen and oxygen atoms in total. The number of hydrogen-bond acceptors (Lipinski definition) is 4. The van der Waals surface area contributed by atoms with Gasteiger partial charge < -0.3 is 20.1 Å². The number of aromatic amines is 1.